The first-order valence-electron chi connectivity index (χ1n) is 5.53. The van der Waals surface area contributed by atoms with E-state index in [4.69, 9.17) is 28.3 Å². The first-order chi connectivity index (χ1) is 8.95. The Balaban J connectivity index is 2.28. The van der Waals surface area contributed by atoms with Gasteiger partial charge >= 0.3 is 5.97 Å². The van der Waals surface area contributed by atoms with Gasteiger partial charge in [-0.25, -0.2) is 4.79 Å². The molecule has 98 valence electrons. The van der Waals surface area contributed by atoms with E-state index in [9.17, 15) is 4.79 Å². The van der Waals surface area contributed by atoms with E-state index in [2.05, 4.69) is 5.32 Å². The van der Waals surface area contributed by atoms with Gasteiger partial charge in [-0.3, -0.25) is 0 Å². The third kappa shape index (κ3) is 3.40. The fourth-order valence-electron chi connectivity index (χ4n) is 1.77. The number of carboxylic acids is 1. The molecule has 2 rings (SSSR count). The summed E-state index contributed by atoms with van der Waals surface area (Å²) >= 11 is 11.8. The second kappa shape index (κ2) is 5.51. The summed E-state index contributed by atoms with van der Waals surface area (Å²) < 4.78 is 0. The third-order valence-corrected chi connectivity index (χ3v) is 3.04. The predicted molar refractivity (Wildman–Crippen MR) is 77.9 cm³/mol. The minimum atomic E-state index is -0.935. The Morgan fingerprint density at radius 1 is 1.05 bits per heavy atom. The van der Waals surface area contributed by atoms with E-state index in [1.807, 2.05) is 0 Å². The monoisotopic (exact) mass is 295 g/mol. The number of halogens is 2. The molecule has 19 heavy (non-hydrogen) atoms. The molecule has 0 heterocycles. The van der Waals surface area contributed by atoms with Crippen molar-refractivity contribution in [1.29, 1.82) is 0 Å². The number of aryl methyl sites for hydroxylation is 1. The van der Waals surface area contributed by atoms with Gasteiger partial charge in [0.05, 0.1) is 5.56 Å². The Morgan fingerprint density at radius 3 is 2.21 bits per heavy atom. The average molecular weight is 296 g/mol. The highest BCUT2D eigenvalue weighted by Gasteiger charge is 2.07. The van der Waals surface area contributed by atoms with Gasteiger partial charge in [-0.15, -0.1) is 0 Å². The number of carboxylic acid groups (broad SMARTS) is 1. The van der Waals surface area contributed by atoms with E-state index in [0.717, 1.165) is 11.4 Å². The second-order valence-corrected chi connectivity index (χ2v) is 4.99. The molecule has 2 aromatic carbocycles. The summed E-state index contributed by atoms with van der Waals surface area (Å²) in [6.07, 6.45) is 0. The van der Waals surface area contributed by atoms with Crippen LogP contribution in [0.3, 0.4) is 0 Å². The van der Waals surface area contributed by atoms with Crippen molar-refractivity contribution < 1.29 is 9.90 Å². The van der Waals surface area contributed by atoms with E-state index in [1.165, 1.54) is 0 Å². The summed E-state index contributed by atoms with van der Waals surface area (Å²) in [7, 11) is 0. The zero-order valence-electron chi connectivity index (χ0n) is 10.1. The van der Waals surface area contributed by atoms with E-state index in [0.29, 0.717) is 15.6 Å². The van der Waals surface area contributed by atoms with Crippen LogP contribution < -0.4 is 5.32 Å². The lowest BCUT2D eigenvalue weighted by molar-refractivity contribution is 0.0696. The Hall–Kier alpha value is -1.71. The highest BCUT2D eigenvalue weighted by atomic mass is 35.5. The van der Waals surface area contributed by atoms with Crippen LogP contribution in [0.2, 0.25) is 10.0 Å². The van der Waals surface area contributed by atoms with Crippen LogP contribution in [-0.2, 0) is 0 Å². The average Bonchev–Trinajstić information content (AvgIpc) is 2.26. The SMILES string of the molecule is Cc1cc(Nc2cc(Cl)cc(Cl)c2)ccc1C(=O)O. The van der Waals surface area contributed by atoms with Gasteiger partial charge < -0.3 is 10.4 Å². The summed E-state index contributed by atoms with van der Waals surface area (Å²) in [6, 6.07) is 10.2. The lowest BCUT2D eigenvalue weighted by Gasteiger charge is -2.09. The van der Waals surface area contributed by atoms with E-state index >= 15 is 0 Å². The standard InChI is InChI=1S/C14H11Cl2NO2/c1-8-4-11(2-3-13(8)14(18)19)17-12-6-9(15)5-10(16)7-12/h2-7,17H,1H3,(H,18,19). The summed E-state index contributed by atoms with van der Waals surface area (Å²) in [4.78, 5) is 10.9. The van der Waals surface area contributed by atoms with Gasteiger partial charge in [0, 0.05) is 21.4 Å². The van der Waals surface area contributed by atoms with Gasteiger partial charge in [0.25, 0.3) is 0 Å². The van der Waals surface area contributed by atoms with Crippen LogP contribution in [0.15, 0.2) is 36.4 Å². The minimum absolute atomic E-state index is 0.287. The number of hydrogen-bond donors (Lipinski definition) is 2. The van der Waals surface area contributed by atoms with Crippen molar-refractivity contribution in [1.82, 2.24) is 0 Å². The van der Waals surface area contributed by atoms with Gasteiger partial charge in [0.1, 0.15) is 0 Å². The maximum atomic E-state index is 10.9. The Bertz CT molecular complexity index is 621. The van der Waals surface area contributed by atoms with Crippen LogP contribution in [0.1, 0.15) is 15.9 Å². The summed E-state index contributed by atoms with van der Waals surface area (Å²) in [5.74, 6) is -0.935. The maximum Gasteiger partial charge on any atom is 0.335 e. The number of carbonyl (C=O) groups is 1. The molecule has 2 aromatic rings. The van der Waals surface area contributed by atoms with Crippen LogP contribution in [-0.4, -0.2) is 11.1 Å². The van der Waals surface area contributed by atoms with Crippen molar-refractivity contribution in [3.05, 3.63) is 57.6 Å². The Morgan fingerprint density at radius 2 is 1.68 bits per heavy atom. The second-order valence-electron chi connectivity index (χ2n) is 4.12. The van der Waals surface area contributed by atoms with Gasteiger partial charge in [-0.1, -0.05) is 23.2 Å². The van der Waals surface area contributed by atoms with Gasteiger partial charge in [0.15, 0.2) is 0 Å². The molecule has 0 amide bonds. The number of benzene rings is 2. The molecule has 0 radical (unpaired) electrons. The normalized spacial score (nSPS) is 10.3. The molecule has 0 fully saturated rings. The highest BCUT2D eigenvalue weighted by Crippen LogP contribution is 2.26. The zero-order valence-corrected chi connectivity index (χ0v) is 11.6. The lowest BCUT2D eigenvalue weighted by atomic mass is 10.1. The van der Waals surface area contributed by atoms with Gasteiger partial charge in [-0.05, 0) is 48.9 Å². The molecule has 3 nitrogen and oxygen atoms in total. The van der Waals surface area contributed by atoms with Gasteiger partial charge in [0.2, 0.25) is 0 Å². The number of rotatable bonds is 3. The molecule has 0 bridgehead atoms. The van der Waals surface area contributed by atoms with Crippen molar-refractivity contribution in [2.24, 2.45) is 0 Å². The number of anilines is 2. The summed E-state index contributed by atoms with van der Waals surface area (Å²) in [5.41, 5.74) is 2.50. The highest BCUT2D eigenvalue weighted by molar-refractivity contribution is 6.35. The van der Waals surface area contributed by atoms with Crippen LogP contribution in [0.5, 0.6) is 0 Å². The third-order valence-electron chi connectivity index (χ3n) is 2.61. The van der Waals surface area contributed by atoms with Crippen LogP contribution in [0, 0.1) is 6.92 Å². The fraction of sp³-hybridized carbons (Fsp3) is 0.0714. The molecule has 2 N–H and O–H groups in total. The summed E-state index contributed by atoms with van der Waals surface area (Å²) in [5, 5.41) is 13.2. The largest absolute Gasteiger partial charge is 0.478 e. The van der Waals surface area contributed by atoms with Crippen molar-refractivity contribution in [2.75, 3.05) is 5.32 Å². The lowest BCUT2D eigenvalue weighted by Crippen LogP contribution is -2.00. The molecule has 0 aliphatic carbocycles. The zero-order chi connectivity index (χ0) is 14.0. The molecule has 0 spiro atoms. The molecular formula is C14H11Cl2NO2. The Labute approximate surface area is 120 Å². The topological polar surface area (TPSA) is 49.3 Å². The molecular weight excluding hydrogens is 285 g/mol. The molecule has 0 saturated heterocycles. The predicted octanol–water partition coefficient (Wildman–Crippen LogP) is 4.74. The van der Waals surface area contributed by atoms with E-state index in [-0.39, 0.29) is 5.56 Å². The van der Waals surface area contributed by atoms with E-state index in [1.54, 1.807) is 43.3 Å². The van der Waals surface area contributed by atoms with Gasteiger partial charge in [-0.2, -0.15) is 0 Å². The smallest absolute Gasteiger partial charge is 0.335 e. The molecule has 5 heteroatoms. The summed E-state index contributed by atoms with van der Waals surface area (Å²) in [6.45, 7) is 1.75. The molecule has 0 saturated carbocycles. The first-order valence-corrected chi connectivity index (χ1v) is 6.28. The maximum absolute atomic E-state index is 10.9. The molecule has 0 aliphatic heterocycles. The minimum Gasteiger partial charge on any atom is -0.478 e. The van der Waals surface area contributed by atoms with Crippen LogP contribution in [0.4, 0.5) is 11.4 Å². The number of hydrogen-bond acceptors (Lipinski definition) is 2. The fourth-order valence-corrected chi connectivity index (χ4v) is 2.30. The van der Waals surface area contributed by atoms with Crippen molar-refractivity contribution in [3.8, 4) is 0 Å². The van der Waals surface area contributed by atoms with Crippen LogP contribution >= 0.6 is 23.2 Å². The van der Waals surface area contributed by atoms with Crippen molar-refractivity contribution in [3.63, 3.8) is 0 Å². The van der Waals surface area contributed by atoms with Crippen LogP contribution in [0.25, 0.3) is 0 Å². The van der Waals surface area contributed by atoms with E-state index < -0.39 is 5.97 Å². The Kier molecular flexibility index (Phi) is 3.98. The van der Waals surface area contributed by atoms with Crippen molar-refractivity contribution >= 4 is 40.5 Å². The quantitative estimate of drug-likeness (QED) is 0.859. The molecule has 0 unspecified atom stereocenters. The first kappa shape index (κ1) is 13.7. The molecule has 0 atom stereocenters. The molecule has 0 aromatic heterocycles. The number of aromatic carboxylic acids is 1. The van der Waals surface area contributed by atoms with Crippen molar-refractivity contribution in [2.45, 2.75) is 6.92 Å². The molecule has 0 aliphatic rings. The number of nitrogens with one attached hydrogen (secondary N) is 1.